The summed E-state index contributed by atoms with van der Waals surface area (Å²) in [5.41, 5.74) is 5.95. The number of amides is 1. The standard InChI is InChI=1S/C30H26N4O2S/c35-27(33-17-9-15-23-14-7-8-16-26(23)33)20-37-30-32-25-18-24(22-12-5-2-6-13-22)31-28(25)29(36)34(30)19-21-10-3-1-4-11-21/h1-8,10-14,16,18,31H,9,15,17,19-20H2. The molecular formula is C30H26N4O2S. The Bertz CT molecular complexity index is 1630. The molecule has 0 radical (unpaired) electrons. The van der Waals surface area contributed by atoms with E-state index in [0.717, 1.165) is 35.3 Å². The molecular weight excluding hydrogens is 480 g/mol. The molecule has 0 aliphatic carbocycles. The van der Waals surface area contributed by atoms with Gasteiger partial charge in [-0.05, 0) is 41.7 Å². The summed E-state index contributed by atoms with van der Waals surface area (Å²) in [6.45, 7) is 1.09. The quantitative estimate of drug-likeness (QED) is 0.243. The van der Waals surface area contributed by atoms with Crippen molar-refractivity contribution in [2.24, 2.45) is 0 Å². The zero-order chi connectivity index (χ0) is 25.2. The first kappa shape index (κ1) is 23.3. The molecule has 1 N–H and O–H groups in total. The van der Waals surface area contributed by atoms with Crippen LogP contribution in [-0.4, -0.2) is 32.7 Å². The van der Waals surface area contributed by atoms with Crippen LogP contribution in [0.3, 0.4) is 0 Å². The van der Waals surface area contributed by atoms with Crippen molar-refractivity contribution in [3.8, 4) is 11.3 Å². The van der Waals surface area contributed by atoms with Gasteiger partial charge in [0.15, 0.2) is 5.16 Å². The van der Waals surface area contributed by atoms with Crippen molar-refractivity contribution in [1.82, 2.24) is 14.5 Å². The van der Waals surface area contributed by atoms with Crippen LogP contribution >= 0.6 is 11.8 Å². The van der Waals surface area contributed by atoms with Gasteiger partial charge in [-0.15, -0.1) is 0 Å². The summed E-state index contributed by atoms with van der Waals surface area (Å²) in [6, 6.07) is 29.7. The van der Waals surface area contributed by atoms with Gasteiger partial charge in [0, 0.05) is 17.9 Å². The Kier molecular flexibility index (Phi) is 6.37. The summed E-state index contributed by atoms with van der Waals surface area (Å²) in [6.07, 6.45) is 1.93. The van der Waals surface area contributed by atoms with Crippen molar-refractivity contribution in [1.29, 1.82) is 0 Å². The number of aromatic amines is 1. The lowest BCUT2D eigenvalue weighted by molar-refractivity contribution is -0.116. The van der Waals surface area contributed by atoms with Gasteiger partial charge in [0.25, 0.3) is 5.56 Å². The molecule has 0 spiro atoms. The number of hydrogen-bond acceptors (Lipinski definition) is 4. The lowest BCUT2D eigenvalue weighted by Gasteiger charge is -2.29. The van der Waals surface area contributed by atoms with Crippen LogP contribution in [-0.2, 0) is 17.8 Å². The first-order valence-electron chi connectivity index (χ1n) is 12.4. The second-order valence-corrected chi connectivity index (χ2v) is 10.1. The van der Waals surface area contributed by atoms with Crippen molar-refractivity contribution in [3.05, 3.63) is 112 Å². The monoisotopic (exact) mass is 506 g/mol. The fraction of sp³-hybridized carbons (Fsp3) is 0.167. The molecule has 1 amide bonds. The van der Waals surface area contributed by atoms with E-state index in [0.29, 0.717) is 29.3 Å². The van der Waals surface area contributed by atoms with E-state index in [9.17, 15) is 9.59 Å². The van der Waals surface area contributed by atoms with Gasteiger partial charge < -0.3 is 9.88 Å². The number of benzene rings is 3. The molecule has 6 nitrogen and oxygen atoms in total. The van der Waals surface area contributed by atoms with E-state index in [1.54, 1.807) is 4.57 Å². The summed E-state index contributed by atoms with van der Waals surface area (Å²) in [7, 11) is 0. The molecule has 0 unspecified atom stereocenters. The number of aromatic nitrogens is 3. The third-order valence-electron chi connectivity index (χ3n) is 6.71. The summed E-state index contributed by atoms with van der Waals surface area (Å²) in [4.78, 5) is 37.0. The Balaban J connectivity index is 1.35. The maximum absolute atomic E-state index is 13.7. The van der Waals surface area contributed by atoms with Crippen LogP contribution in [0.4, 0.5) is 5.69 Å². The van der Waals surface area contributed by atoms with Gasteiger partial charge in [-0.2, -0.15) is 0 Å². The van der Waals surface area contributed by atoms with Crippen molar-refractivity contribution in [2.75, 3.05) is 17.2 Å². The van der Waals surface area contributed by atoms with E-state index in [1.165, 1.54) is 17.3 Å². The molecule has 3 aromatic carbocycles. The number of carbonyl (C=O) groups is 1. The Labute approximate surface area is 219 Å². The first-order valence-corrected chi connectivity index (χ1v) is 13.4. The number of fused-ring (bicyclic) bond motifs is 2. The average Bonchev–Trinajstić information content (AvgIpc) is 3.39. The highest BCUT2D eigenvalue weighted by Gasteiger charge is 2.23. The molecule has 0 atom stereocenters. The molecule has 5 aromatic rings. The van der Waals surface area contributed by atoms with Crippen LogP contribution in [0.25, 0.3) is 22.3 Å². The summed E-state index contributed by atoms with van der Waals surface area (Å²) >= 11 is 1.32. The zero-order valence-corrected chi connectivity index (χ0v) is 21.1. The van der Waals surface area contributed by atoms with Crippen LogP contribution in [0.15, 0.2) is 101 Å². The fourth-order valence-electron chi connectivity index (χ4n) is 4.87. The summed E-state index contributed by atoms with van der Waals surface area (Å²) < 4.78 is 1.67. The van der Waals surface area contributed by atoms with Crippen molar-refractivity contribution >= 4 is 34.4 Å². The molecule has 3 heterocycles. The maximum atomic E-state index is 13.7. The SMILES string of the molecule is O=C(CSc1nc2cc(-c3ccccc3)[nH]c2c(=O)n1Cc1ccccc1)N1CCCc2ccccc21. The molecule has 0 bridgehead atoms. The van der Waals surface area contributed by atoms with Gasteiger partial charge in [0.05, 0.1) is 17.8 Å². The van der Waals surface area contributed by atoms with Gasteiger partial charge in [0.1, 0.15) is 5.52 Å². The van der Waals surface area contributed by atoms with Crippen molar-refractivity contribution in [2.45, 2.75) is 24.5 Å². The number of thioether (sulfide) groups is 1. The lowest BCUT2D eigenvalue weighted by Crippen LogP contribution is -2.36. The van der Waals surface area contributed by atoms with Crippen LogP contribution in [0.2, 0.25) is 0 Å². The highest BCUT2D eigenvalue weighted by Crippen LogP contribution is 2.29. The zero-order valence-electron chi connectivity index (χ0n) is 20.3. The lowest BCUT2D eigenvalue weighted by atomic mass is 10.0. The number of hydrogen-bond donors (Lipinski definition) is 1. The number of aryl methyl sites for hydroxylation is 1. The fourth-order valence-corrected chi connectivity index (χ4v) is 5.74. The largest absolute Gasteiger partial charge is 0.349 e. The Morgan fingerprint density at radius 2 is 1.68 bits per heavy atom. The molecule has 2 aromatic heterocycles. The van der Waals surface area contributed by atoms with E-state index >= 15 is 0 Å². The number of rotatable bonds is 6. The molecule has 184 valence electrons. The molecule has 0 saturated carbocycles. The number of carbonyl (C=O) groups excluding carboxylic acids is 1. The number of H-pyrrole nitrogens is 1. The first-order chi connectivity index (χ1) is 18.2. The van der Waals surface area contributed by atoms with E-state index < -0.39 is 0 Å². The van der Waals surface area contributed by atoms with Gasteiger partial charge in [-0.25, -0.2) is 4.98 Å². The van der Waals surface area contributed by atoms with Crippen LogP contribution in [0.5, 0.6) is 0 Å². The topological polar surface area (TPSA) is 71.0 Å². The third kappa shape index (κ3) is 4.70. The molecule has 1 aliphatic heterocycles. The van der Waals surface area contributed by atoms with Crippen molar-refractivity contribution < 1.29 is 4.79 Å². The third-order valence-corrected chi connectivity index (χ3v) is 7.67. The minimum atomic E-state index is -0.144. The highest BCUT2D eigenvalue weighted by atomic mass is 32.2. The van der Waals surface area contributed by atoms with E-state index in [2.05, 4.69) is 11.1 Å². The Morgan fingerprint density at radius 3 is 2.49 bits per heavy atom. The van der Waals surface area contributed by atoms with Gasteiger partial charge >= 0.3 is 0 Å². The molecule has 37 heavy (non-hydrogen) atoms. The van der Waals surface area contributed by atoms with E-state index in [4.69, 9.17) is 4.98 Å². The smallest absolute Gasteiger partial charge is 0.278 e. The number of anilines is 1. The number of nitrogens with one attached hydrogen (secondary N) is 1. The Hall–Kier alpha value is -4.10. The Morgan fingerprint density at radius 1 is 0.946 bits per heavy atom. The molecule has 6 rings (SSSR count). The van der Waals surface area contributed by atoms with Gasteiger partial charge in [0.2, 0.25) is 5.91 Å². The van der Waals surface area contributed by atoms with Crippen molar-refractivity contribution in [3.63, 3.8) is 0 Å². The van der Waals surface area contributed by atoms with E-state index in [1.807, 2.05) is 89.8 Å². The molecule has 7 heteroatoms. The molecule has 1 aliphatic rings. The summed E-state index contributed by atoms with van der Waals surface area (Å²) in [5.74, 6) is 0.230. The van der Waals surface area contributed by atoms with E-state index in [-0.39, 0.29) is 17.2 Å². The van der Waals surface area contributed by atoms with Gasteiger partial charge in [-0.3, -0.25) is 14.2 Å². The van der Waals surface area contributed by atoms with Crippen LogP contribution in [0, 0.1) is 0 Å². The molecule has 0 saturated heterocycles. The van der Waals surface area contributed by atoms with Crippen LogP contribution < -0.4 is 10.5 Å². The second kappa shape index (κ2) is 10.1. The minimum Gasteiger partial charge on any atom is -0.349 e. The predicted molar refractivity (Wildman–Crippen MR) is 149 cm³/mol. The molecule has 0 fully saturated rings. The highest BCUT2D eigenvalue weighted by molar-refractivity contribution is 7.99. The minimum absolute atomic E-state index is 0.0248. The number of para-hydroxylation sites is 1. The second-order valence-electron chi connectivity index (χ2n) is 9.15. The maximum Gasteiger partial charge on any atom is 0.278 e. The predicted octanol–water partition coefficient (Wildman–Crippen LogP) is 5.51. The average molecular weight is 507 g/mol. The number of nitrogens with zero attached hydrogens (tertiary/aromatic N) is 3. The normalized spacial score (nSPS) is 13.0. The van der Waals surface area contributed by atoms with Crippen LogP contribution in [0.1, 0.15) is 17.5 Å². The summed E-state index contributed by atoms with van der Waals surface area (Å²) in [5, 5.41) is 0.540. The van der Waals surface area contributed by atoms with Gasteiger partial charge in [-0.1, -0.05) is 90.6 Å².